The predicted octanol–water partition coefficient (Wildman–Crippen LogP) is 3.94. The van der Waals surface area contributed by atoms with Crippen LogP contribution in [0.2, 0.25) is 0 Å². The lowest BCUT2D eigenvalue weighted by molar-refractivity contribution is -0.139. The molecule has 7 nitrogen and oxygen atoms in total. The zero-order valence-electron chi connectivity index (χ0n) is 17.4. The van der Waals surface area contributed by atoms with E-state index in [1.807, 2.05) is 48.5 Å². The van der Waals surface area contributed by atoms with Crippen LogP contribution < -0.4 is 10.1 Å². The number of hydrogen-bond donors (Lipinski definition) is 3. The van der Waals surface area contributed by atoms with E-state index in [-0.39, 0.29) is 30.4 Å². The number of fused-ring (bicyclic) bond motifs is 3. The maximum atomic E-state index is 12.4. The number of phenolic OH excluding ortho intramolecular Hbond substituents is 1. The zero-order valence-corrected chi connectivity index (χ0v) is 17.4. The second-order valence-electron chi connectivity index (χ2n) is 7.57. The van der Waals surface area contributed by atoms with Crippen molar-refractivity contribution in [1.82, 2.24) is 5.32 Å². The van der Waals surface area contributed by atoms with E-state index in [2.05, 4.69) is 5.32 Å². The van der Waals surface area contributed by atoms with Gasteiger partial charge in [-0.1, -0.05) is 54.6 Å². The summed E-state index contributed by atoms with van der Waals surface area (Å²) in [5.74, 6) is -1.12. The molecule has 0 saturated heterocycles. The minimum Gasteiger partial charge on any atom is -0.504 e. The Morgan fingerprint density at radius 2 is 1.62 bits per heavy atom. The highest BCUT2D eigenvalue weighted by Crippen LogP contribution is 2.44. The number of aromatic hydroxyl groups is 1. The number of phenols is 1. The van der Waals surface area contributed by atoms with Crippen molar-refractivity contribution in [3.8, 4) is 22.6 Å². The van der Waals surface area contributed by atoms with E-state index in [0.29, 0.717) is 5.56 Å². The number of hydrogen-bond acceptors (Lipinski definition) is 5. The number of benzene rings is 3. The molecule has 0 unspecified atom stereocenters. The van der Waals surface area contributed by atoms with Crippen LogP contribution in [0.1, 0.15) is 22.6 Å². The fourth-order valence-corrected chi connectivity index (χ4v) is 4.07. The molecule has 164 valence electrons. The van der Waals surface area contributed by atoms with Gasteiger partial charge in [0.25, 0.3) is 0 Å². The first kappa shape index (κ1) is 21.2. The van der Waals surface area contributed by atoms with Crippen LogP contribution in [0.4, 0.5) is 4.79 Å². The van der Waals surface area contributed by atoms with E-state index < -0.39 is 18.1 Å². The monoisotopic (exact) mass is 433 g/mol. The molecule has 1 atom stereocenters. The van der Waals surface area contributed by atoms with E-state index in [1.165, 1.54) is 19.2 Å². The largest absolute Gasteiger partial charge is 0.504 e. The molecule has 0 fully saturated rings. The number of carboxylic acid groups (broad SMARTS) is 1. The van der Waals surface area contributed by atoms with E-state index >= 15 is 0 Å². The average Bonchev–Trinajstić information content (AvgIpc) is 3.12. The molecular weight excluding hydrogens is 410 g/mol. The Kier molecular flexibility index (Phi) is 5.98. The van der Waals surface area contributed by atoms with Crippen LogP contribution in [0.15, 0.2) is 66.7 Å². The van der Waals surface area contributed by atoms with E-state index in [4.69, 9.17) is 9.47 Å². The molecule has 1 aliphatic rings. The summed E-state index contributed by atoms with van der Waals surface area (Å²) in [4.78, 5) is 24.1. The first-order valence-corrected chi connectivity index (χ1v) is 10.2. The lowest BCUT2D eigenvalue weighted by atomic mass is 9.98. The fraction of sp³-hybridized carbons (Fsp3) is 0.200. The Hall–Kier alpha value is -4.00. The van der Waals surface area contributed by atoms with Crippen LogP contribution in [-0.2, 0) is 16.0 Å². The summed E-state index contributed by atoms with van der Waals surface area (Å²) >= 11 is 0. The molecule has 32 heavy (non-hydrogen) atoms. The second kappa shape index (κ2) is 9.01. The van der Waals surface area contributed by atoms with Crippen LogP contribution >= 0.6 is 0 Å². The Balaban J connectivity index is 1.43. The topological polar surface area (TPSA) is 105 Å². The number of amides is 1. The summed E-state index contributed by atoms with van der Waals surface area (Å²) in [7, 11) is 1.41. The van der Waals surface area contributed by atoms with Gasteiger partial charge in [0.1, 0.15) is 12.6 Å². The molecule has 3 aromatic carbocycles. The van der Waals surface area contributed by atoms with Gasteiger partial charge in [-0.25, -0.2) is 9.59 Å². The summed E-state index contributed by atoms with van der Waals surface area (Å²) in [5, 5.41) is 21.7. The molecule has 0 radical (unpaired) electrons. The van der Waals surface area contributed by atoms with Crippen molar-refractivity contribution < 1.29 is 29.3 Å². The van der Waals surface area contributed by atoms with E-state index in [0.717, 1.165) is 22.3 Å². The van der Waals surface area contributed by atoms with Crippen molar-refractivity contribution in [3.63, 3.8) is 0 Å². The Morgan fingerprint density at radius 3 is 2.22 bits per heavy atom. The smallest absolute Gasteiger partial charge is 0.407 e. The highest BCUT2D eigenvalue weighted by Gasteiger charge is 2.29. The number of aliphatic carboxylic acids is 1. The van der Waals surface area contributed by atoms with Gasteiger partial charge in [0.15, 0.2) is 11.5 Å². The van der Waals surface area contributed by atoms with Crippen molar-refractivity contribution in [2.45, 2.75) is 18.4 Å². The number of ether oxygens (including phenoxy) is 2. The van der Waals surface area contributed by atoms with Crippen molar-refractivity contribution in [2.24, 2.45) is 0 Å². The number of carbonyl (C=O) groups excluding carboxylic acids is 1. The molecule has 7 heteroatoms. The molecule has 0 spiro atoms. The van der Waals surface area contributed by atoms with Gasteiger partial charge in [-0.2, -0.15) is 0 Å². The maximum Gasteiger partial charge on any atom is 0.407 e. The molecule has 0 heterocycles. The Morgan fingerprint density at radius 1 is 1.00 bits per heavy atom. The normalized spacial score (nSPS) is 13.0. The fourth-order valence-electron chi connectivity index (χ4n) is 4.07. The number of carbonyl (C=O) groups is 2. The van der Waals surface area contributed by atoms with E-state index in [9.17, 15) is 19.8 Å². The minimum absolute atomic E-state index is 0.0101. The van der Waals surface area contributed by atoms with Crippen LogP contribution in [0.25, 0.3) is 11.1 Å². The van der Waals surface area contributed by atoms with Gasteiger partial charge in [0, 0.05) is 12.3 Å². The molecule has 4 rings (SSSR count). The minimum atomic E-state index is -1.19. The van der Waals surface area contributed by atoms with Crippen LogP contribution in [0.5, 0.6) is 11.5 Å². The first-order chi connectivity index (χ1) is 15.5. The van der Waals surface area contributed by atoms with Crippen molar-refractivity contribution in [2.75, 3.05) is 13.7 Å². The quantitative estimate of drug-likeness (QED) is 0.521. The molecule has 0 aliphatic heterocycles. The van der Waals surface area contributed by atoms with Gasteiger partial charge in [0.2, 0.25) is 0 Å². The number of alkyl carbamates (subject to hydrolysis) is 1. The first-order valence-electron chi connectivity index (χ1n) is 10.2. The van der Waals surface area contributed by atoms with Crippen LogP contribution in [-0.4, -0.2) is 42.0 Å². The summed E-state index contributed by atoms with van der Waals surface area (Å²) < 4.78 is 10.5. The van der Waals surface area contributed by atoms with Crippen LogP contribution in [0.3, 0.4) is 0 Å². The lowest BCUT2D eigenvalue weighted by Gasteiger charge is -2.18. The molecule has 1 amide bonds. The molecule has 0 bridgehead atoms. The third-order valence-corrected chi connectivity index (χ3v) is 5.62. The van der Waals surface area contributed by atoms with Gasteiger partial charge >= 0.3 is 12.1 Å². The predicted molar refractivity (Wildman–Crippen MR) is 118 cm³/mol. The standard InChI is InChI=1S/C25H23NO6/c1-31-23-13-15(10-11-22(23)27)12-21(24(28)29)26-25(30)32-14-20-18-8-4-2-6-16(18)17-7-3-5-9-19(17)20/h2-11,13,20-21,27H,12,14H2,1H3,(H,26,30)(H,28,29)/t21-/m0/s1. The van der Waals surface area contributed by atoms with Crippen molar-refractivity contribution >= 4 is 12.1 Å². The molecule has 3 aromatic rings. The van der Waals surface area contributed by atoms with E-state index in [1.54, 1.807) is 6.07 Å². The lowest BCUT2D eigenvalue weighted by Crippen LogP contribution is -2.42. The number of carboxylic acids is 1. The molecule has 0 saturated carbocycles. The summed E-state index contributed by atoms with van der Waals surface area (Å²) in [6.45, 7) is 0.0965. The average molecular weight is 433 g/mol. The van der Waals surface area contributed by atoms with Gasteiger partial charge in [-0.15, -0.1) is 0 Å². The highest BCUT2D eigenvalue weighted by atomic mass is 16.5. The number of methoxy groups -OCH3 is 1. The maximum absolute atomic E-state index is 12.4. The molecule has 1 aliphatic carbocycles. The van der Waals surface area contributed by atoms with Gasteiger partial charge in [-0.3, -0.25) is 0 Å². The molecule has 0 aromatic heterocycles. The second-order valence-corrected chi connectivity index (χ2v) is 7.57. The zero-order chi connectivity index (χ0) is 22.7. The van der Waals surface area contributed by atoms with Crippen molar-refractivity contribution in [3.05, 3.63) is 83.4 Å². The van der Waals surface area contributed by atoms with Crippen LogP contribution in [0, 0.1) is 0 Å². The Bertz CT molecular complexity index is 1110. The summed E-state index contributed by atoms with van der Waals surface area (Å²) in [6, 6.07) is 19.3. The Labute approximate surface area is 185 Å². The number of nitrogens with one attached hydrogen (secondary N) is 1. The summed E-state index contributed by atoms with van der Waals surface area (Å²) in [6.07, 6.45) is -0.791. The molecular formula is C25H23NO6. The van der Waals surface area contributed by atoms with Gasteiger partial charge in [-0.05, 0) is 39.9 Å². The van der Waals surface area contributed by atoms with Crippen molar-refractivity contribution in [1.29, 1.82) is 0 Å². The van der Waals surface area contributed by atoms with Gasteiger partial charge in [0.05, 0.1) is 7.11 Å². The van der Waals surface area contributed by atoms with Gasteiger partial charge < -0.3 is 25.0 Å². The highest BCUT2D eigenvalue weighted by molar-refractivity contribution is 5.81. The molecule has 3 N–H and O–H groups in total. The third kappa shape index (κ3) is 4.23. The SMILES string of the molecule is COc1cc(C[C@H](NC(=O)OCC2c3ccccc3-c3ccccc32)C(=O)O)ccc1O. The third-order valence-electron chi connectivity index (χ3n) is 5.62. The summed E-state index contributed by atoms with van der Waals surface area (Å²) in [5.41, 5.74) is 4.97. The number of rotatable bonds is 7.